The Balaban J connectivity index is 1.97. The predicted octanol–water partition coefficient (Wildman–Crippen LogP) is 2.42. The molecule has 2 atom stereocenters. The molecule has 1 aliphatic carbocycles. The third-order valence-electron chi connectivity index (χ3n) is 4.15. The van der Waals surface area contributed by atoms with Crippen molar-refractivity contribution in [1.82, 2.24) is 4.98 Å². The number of esters is 1. The summed E-state index contributed by atoms with van der Waals surface area (Å²) in [5.41, 5.74) is 0.591. The molecule has 1 saturated heterocycles. The van der Waals surface area contributed by atoms with Gasteiger partial charge in [0.25, 0.3) is 0 Å². The van der Waals surface area contributed by atoms with Crippen LogP contribution < -0.4 is 4.74 Å². The Labute approximate surface area is 106 Å². The predicted molar refractivity (Wildman–Crippen MR) is 65.1 cm³/mol. The van der Waals surface area contributed by atoms with E-state index in [0.29, 0.717) is 18.2 Å². The molecule has 18 heavy (non-hydrogen) atoms. The maximum atomic E-state index is 11.6. The number of rotatable bonds is 2. The molecule has 0 spiro atoms. The second kappa shape index (κ2) is 4.26. The van der Waals surface area contributed by atoms with E-state index in [0.717, 1.165) is 24.8 Å². The van der Waals surface area contributed by atoms with E-state index in [1.54, 1.807) is 13.3 Å². The lowest BCUT2D eigenvalue weighted by atomic mass is 9.72. The average molecular weight is 247 g/mol. The molecule has 0 bridgehead atoms. The van der Waals surface area contributed by atoms with E-state index < -0.39 is 5.60 Å². The highest BCUT2D eigenvalue weighted by Crippen LogP contribution is 2.50. The summed E-state index contributed by atoms with van der Waals surface area (Å²) < 4.78 is 10.8. The van der Waals surface area contributed by atoms with Gasteiger partial charge in [-0.25, -0.2) is 4.98 Å². The highest BCUT2D eigenvalue weighted by atomic mass is 16.6. The minimum Gasteiger partial charge on any atom is -0.481 e. The molecular weight excluding hydrogens is 230 g/mol. The summed E-state index contributed by atoms with van der Waals surface area (Å²) in [6.07, 6.45) is 6.61. The van der Waals surface area contributed by atoms with Crippen LogP contribution >= 0.6 is 0 Å². The molecule has 4 nitrogen and oxygen atoms in total. The number of hydrogen-bond donors (Lipinski definition) is 0. The van der Waals surface area contributed by atoms with Crippen LogP contribution in [0.3, 0.4) is 0 Å². The third-order valence-corrected chi connectivity index (χ3v) is 4.15. The van der Waals surface area contributed by atoms with Crippen molar-refractivity contribution in [3.8, 4) is 5.88 Å². The standard InChI is InChI=1S/C14H17NO3/c1-17-12-6-5-11(9-15-12)14-7-3-2-4-10(14)8-13(16)18-14/h5-6,9-10H,2-4,7-8H2,1H3. The molecule has 2 fully saturated rings. The molecule has 2 unspecified atom stereocenters. The van der Waals surface area contributed by atoms with Crippen LogP contribution in [0.25, 0.3) is 0 Å². The van der Waals surface area contributed by atoms with Crippen LogP contribution in [0.5, 0.6) is 5.88 Å². The number of ether oxygens (including phenoxy) is 2. The van der Waals surface area contributed by atoms with Gasteiger partial charge in [-0.3, -0.25) is 4.79 Å². The molecule has 1 aromatic heterocycles. The van der Waals surface area contributed by atoms with Gasteiger partial charge in [0.2, 0.25) is 5.88 Å². The first-order valence-electron chi connectivity index (χ1n) is 6.47. The minimum atomic E-state index is -0.422. The SMILES string of the molecule is COc1ccc(C23CCCCC2CC(=O)O3)cn1. The molecule has 0 amide bonds. The maximum absolute atomic E-state index is 11.6. The van der Waals surface area contributed by atoms with Crippen molar-refractivity contribution in [2.45, 2.75) is 37.7 Å². The Morgan fingerprint density at radius 1 is 1.44 bits per heavy atom. The van der Waals surface area contributed by atoms with Gasteiger partial charge in [-0.1, -0.05) is 6.42 Å². The molecule has 4 heteroatoms. The van der Waals surface area contributed by atoms with Crippen molar-refractivity contribution < 1.29 is 14.3 Å². The summed E-state index contributed by atoms with van der Waals surface area (Å²) in [5.74, 6) is 0.832. The van der Waals surface area contributed by atoms with Crippen LogP contribution in [-0.2, 0) is 15.1 Å². The van der Waals surface area contributed by atoms with Crippen molar-refractivity contribution in [2.75, 3.05) is 7.11 Å². The van der Waals surface area contributed by atoms with E-state index in [4.69, 9.17) is 9.47 Å². The van der Waals surface area contributed by atoms with E-state index in [-0.39, 0.29) is 5.97 Å². The monoisotopic (exact) mass is 247 g/mol. The van der Waals surface area contributed by atoms with E-state index in [1.165, 1.54) is 6.42 Å². The van der Waals surface area contributed by atoms with Crippen LogP contribution in [0.2, 0.25) is 0 Å². The number of fused-ring (bicyclic) bond motifs is 1. The molecular formula is C14H17NO3. The van der Waals surface area contributed by atoms with Gasteiger partial charge in [0.05, 0.1) is 13.5 Å². The van der Waals surface area contributed by atoms with E-state index in [9.17, 15) is 4.79 Å². The first-order chi connectivity index (χ1) is 8.74. The van der Waals surface area contributed by atoms with Crippen molar-refractivity contribution in [3.63, 3.8) is 0 Å². The highest BCUT2D eigenvalue weighted by molar-refractivity contribution is 5.73. The number of hydrogen-bond acceptors (Lipinski definition) is 4. The summed E-state index contributed by atoms with van der Waals surface area (Å²) in [6.45, 7) is 0. The zero-order valence-corrected chi connectivity index (χ0v) is 10.5. The van der Waals surface area contributed by atoms with Gasteiger partial charge in [-0.2, -0.15) is 0 Å². The van der Waals surface area contributed by atoms with Gasteiger partial charge in [0.1, 0.15) is 5.60 Å². The Hall–Kier alpha value is -1.58. The molecule has 1 aromatic rings. The van der Waals surface area contributed by atoms with Crippen molar-refractivity contribution in [2.24, 2.45) is 5.92 Å². The smallest absolute Gasteiger partial charge is 0.307 e. The maximum Gasteiger partial charge on any atom is 0.307 e. The zero-order valence-electron chi connectivity index (χ0n) is 10.5. The molecule has 0 N–H and O–H groups in total. The highest BCUT2D eigenvalue weighted by Gasteiger charge is 2.51. The second-order valence-corrected chi connectivity index (χ2v) is 5.10. The fourth-order valence-electron chi connectivity index (χ4n) is 3.25. The summed E-state index contributed by atoms with van der Waals surface area (Å²) in [6, 6.07) is 3.81. The lowest BCUT2D eigenvalue weighted by molar-refractivity contribution is -0.152. The van der Waals surface area contributed by atoms with E-state index in [1.807, 2.05) is 12.1 Å². The molecule has 1 aliphatic heterocycles. The van der Waals surface area contributed by atoms with Crippen LogP contribution in [0.15, 0.2) is 18.3 Å². The molecule has 0 aromatic carbocycles. The molecule has 2 aliphatic rings. The largest absolute Gasteiger partial charge is 0.481 e. The number of pyridine rings is 1. The molecule has 0 radical (unpaired) electrons. The van der Waals surface area contributed by atoms with Crippen molar-refractivity contribution in [3.05, 3.63) is 23.9 Å². The topological polar surface area (TPSA) is 48.4 Å². The Morgan fingerprint density at radius 2 is 2.33 bits per heavy atom. The summed E-state index contributed by atoms with van der Waals surface area (Å²) in [4.78, 5) is 15.9. The van der Waals surface area contributed by atoms with Gasteiger partial charge < -0.3 is 9.47 Å². The number of nitrogens with zero attached hydrogens (tertiary/aromatic N) is 1. The first-order valence-corrected chi connectivity index (χ1v) is 6.47. The van der Waals surface area contributed by atoms with Crippen LogP contribution in [0.4, 0.5) is 0 Å². The van der Waals surface area contributed by atoms with Crippen LogP contribution in [0.1, 0.15) is 37.7 Å². The fraction of sp³-hybridized carbons (Fsp3) is 0.571. The van der Waals surface area contributed by atoms with Gasteiger partial charge in [-0.05, 0) is 25.3 Å². The number of aromatic nitrogens is 1. The Bertz CT molecular complexity index is 457. The number of carbonyl (C=O) groups is 1. The van der Waals surface area contributed by atoms with Gasteiger partial charge in [0.15, 0.2) is 0 Å². The number of methoxy groups -OCH3 is 1. The first kappa shape index (κ1) is 11.5. The molecule has 3 rings (SSSR count). The zero-order chi connectivity index (χ0) is 12.6. The van der Waals surface area contributed by atoms with E-state index in [2.05, 4.69) is 4.98 Å². The minimum absolute atomic E-state index is 0.0716. The van der Waals surface area contributed by atoms with Crippen LogP contribution in [0, 0.1) is 5.92 Å². The number of carbonyl (C=O) groups excluding carboxylic acids is 1. The van der Waals surface area contributed by atoms with Crippen molar-refractivity contribution >= 4 is 5.97 Å². The average Bonchev–Trinajstić information content (AvgIpc) is 2.76. The molecule has 2 heterocycles. The lowest BCUT2D eigenvalue weighted by Gasteiger charge is -2.37. The second-order valence-electron chi connectivity index (χ2n) is 5.10. The third kappa shape index (κ3) is 1.67. The molecule has 1 saturated carbocycles. The fourth-order valence-corrected chi connectivity index (χ4v) is 3.25. The van der Waals surface area contributed by atoms with Crippen LogP contribution in [-0.4, -0.2) is 18.1 Å². The quantitative estimate of drug-likeness (QED) is 0.753. The summed E-state index contributed by atoms with van der Waals surface area (Å²) >= 11 is 0. The van der Waals surface area contributed by atoms with Crippen molar-refractivity contribution in [1.29, 1.82) is 0 Å². The molecule has 96 valence electrons. The summed E-state index contributed by atoms with van der Waals surface area (Å²) in [5, 5.41) is 0. The lowest BCUT2D eigenvalue weighted by Crippen LogP contribution is -2.35. The Kier molecular flexibility index (Phi) is 2.73. The van der Waals surface area contributed by atoms with Gasteiger partial charge >= 0.3 is 5.97 Å². The normalized spacial score (nSPS) is 30.7. The van der Waals surface area contributed by atoms with Gasteiger partial charge in [0, 0.05) is 23.7 Å². The van der Waals surface area contributed by atoms with E-state index >= 15 is 0 Å². The summed E-state index contributed by atoms with van der Waals surface area (Å²) in [7, 11) is 1.60. The van der Waals surface area contributed by atoms with Gasteiger partial charge in [-0.15, -0.1) is 0 Å². The Morgan fingerprint density at radius 3 is 3.06 bits per heavy atom.